The Bertz CT molecular complexity index is 720. The van der Waals surface area contributed by atoms with Gasteiger partial charge in [-0.1, -0.05) is 0 Å². The lowest BCUT2D eigenvalue weighted by molar-refractivity contribution is -0.187. The van der Waals surface area contributed by atoms with Crippen LogP contribution in [0.3, 0.4) is 0 Å². The van der Waals surface area contributed by atoms with Crippen molar-refractivity contribution in [3.05, 3.63) is 11.8 Å². The van der Waals surface area contributed by atoms with Gasteiger partial charge in [-0.25, -0.2) is 4.79 Å². The molecule has 0 aromatic carbocycles. The topological polar surface area (TPSA) is 170 Å². The molecule has 0 radical (unpaired) electrons. The van der Waals surface area contributed by atoms with Crippen LogP contribution >= 0.6 is 0 Å². The van der Waals surface area contributed by atoms with Gasteiger partial charge in [0.1, 0.15) is 6.61 Å². The van der Waals surface area contributed by atoms with Gasteiger partial charge in [0, 0.05) is 27.7 Å². The summed E-state index contributed by atoms with van der Waals surface area (Å²) in [5.74, 6) is -3.85. The molecule has 1 amide bonds. The van der Waals surface area contributed by atoms with Crippen LogP contribution in [0, 0.1) is 0 Å². The Kier molecular flexibility index (Phi) is 9.24. The van der Waals surface area contributed by atoms with E-state index >= 15 is 0 Å². The fourth-order valence-corrected chi connectivity index (χ4v) is 2.81. The summed E-state index contributed by atoms with van der Waals surface area (Å²) in [6.07, 6.45) is -2.77. The Morgan fingerprint density at radius 1 is 1.07 bits per heavy atom. The van der Waals surface area contributed by atoms with Crippen molar-refractivity contribution in [3.8, 4) is 0 Å². The van der Waals surface area contributed by atoms with Crippen LogP contribution in [0.2, 0.25) is 0 Å². The Hall–Kier alpha value is -3.15. The van der Waals surface area contributed by atoms with Crippen LogP contribution in [0.5, 0.6) is 0 Å². The van der Waals surface area contributed by atoms with E-state index in [1.807, 2.05) is 0 Å². The summed E-state index contributed by atoms with van der Waals surface area (Å²) in [6.45, 7) is 4.08. The molecule has 1 aliphatic heterocycles. The standard InChI is InChI=1S/C18H26N2O10/c1-8(21)20-15-12(19)6-13(18(25)26-5)30-17(15)16(29-11(4)24)14(28-10(3)23)7-27-9(2)22/h6,12,14-17H,7,19H2,1-5H3,(H,20,21)/t12-,14+,15-,16+,17-/m1/s1. The van der Waals surface area contributed by atoms with Crippen LogP contribution in [0.15, 0.2) is 11.8 Å². The number of nitrogens with one attached hydrogen (secondary N) is 1. The number of nitrogens with two attached hydrogens (primary N) is 1. The Morgan fingerprint density at radius 3 is 2.13 bits per heavy atom. The molecule has 0 fully saturated rings. The summed E-state index contributed by atoms with van der Waals surface area (Å²) in [7, 11) is 1.12. The van der Waals surface area contributed by atoms with Crippen LogP contribution in [-0.4, -0.2) is 73.9 Å². The lowest BCUT2D eigenvalue weighted by Crippen LogP contribution is -2.63. The average Bonchev–Trinajstić information content (AvgIpc) is 2.63. The number of hydrogen-bond donors (Lipinski definition) is 2. The van der Waals surface area contributed by atoms with E-state index in [1.54, 1.807) is 0 Å². The van der Waals surface area contributed by atoms with E-state index in [9.17, 15) is 24.0 Å². The molecule has 0 spiro atoms. The highest BCUT2D eigenvalue weighted by molar-refractivity contribution is 5.86. The Morgan fingerprint density at radius 2 is 1.67 bits per heavy atom. The van der Waals surface area contributed by atoms with Gasteiger partial charge in [-0.15, -0.1) is 0 Å². The van der Waals surface area contributed by atoms with Gasteiger partial charge in [-0.05, 0) is 6.08 Å². The molecule has 1 rings (SSSR count). The Labute approximate surface area is 173 Å². The third kappa shape index (κ3) is 7.35. The number of hydrogen-bond acceptors (Lipinski definition) is 11. The third-order valence-corrected chi connectivity index (χ3v) is 3.89. The van der Waals surface area contributed by atoms with Crippen LogP contribution in [0.25, 0.3) is 0 Å². The first kappa shape index (κ1) is 24.9. The fraction of sp³-hybridized carbons (Fsp3) is 0.611. The highest BCUT2D eigenvalue weighted by Crippen LogP contribution is 2.26. The van der Waals surface area contributed by atoms with E-state index in [-0.39, 0.29) is 5.76 Å². The quantitative estimate of drug-likeness (QED) is 0.346. The van der Waals surface area contributed by atoms with Crippen molar-refractivity contribution in [1.29, 1.82) is 0 Å². The molecule has 0 unspecified atom stereocenters. The van der Waals surface area contributed by atoms with Crippen molar-refractivity contribution in [2.24, 2.45) is 5.73 Å². The summed E-state index contributed by atoms with van der Waals surface area (Å²) in [5, 5.41) is 2.56. The molecule has 0 saturated heterocycles. The van der Waals surface area contributed by atoms with Gasteiger partial charge in [-0.2, -0.15) is 0 Å². The Balaban J connectivity index is 3.41. The summed E-state index contributed by atoms with van der Waals surface area (Å²) in [6, 6.07) is -1.94. The van der Waals surface area contributed by atoms with E-state index < -0.39 is 66.8 Å². The van der Waals surface area contributed by atoms with Gasteiger partial charge in [-0.3, -0.25) is 19.2 Å². The highest BCUT2D eigenvalue weighted by atomic mass is 16.6. The van der Waals surface area contributed by atoms with Crippen molar-refractivity contribution < 1.29 is 47.7 Å². The van der Waals surface area contributed by atoms with E-state index in [4.69, 9.17) is 24.7 Å². The minimum atomic E-state index is -1.40. The van der Waals surface area contributed by atoms with E-state index in [1.165, 1.54) is 13.0 Å². The molecule has 168 valence electrons. The smallest absolute Gasteiger partial charge is 0.373 e. The zero-order valence-corrected chi connectivity index (χ0v) is 17.3. The average molecular weight is 430 g/mol. The van der Waals surface area contributed by atoms with Gasteiger partial charge in [0.25, 0.3) is 0 Å². The lowest BCUT2D eigenvalue weighted by Gasteiger charge is -2.40. The molecule has 0 aromatic rings. The summed E-state index contributed by atoms with van der Waals surface area (Å²) in [5.41, 5.74) is 6.08. The van der Waals surface area contributed by atoms with Crippen molar-refractivity contribution in [2.45, 2.75) is 58.1 Å². The second-order valence-corrected chi connectivity index (χ2v) is 6.43. The van der Waals surface area contributed by atoms with Gasteiger partial charge < -0.3 is 34.7 Å². The maximum Gasteiger partial charge on any atom is 0.373 e. The summed E-state index contributed by atoms with van der Waals surface area (Å²) in [4.78, 5) is 58.3. The van der Waals surface area contributed by atoms with E-state index in [2.05, 4.69) is 10.1 Å². The van der Waals surface area contributed by atoms with Crippen molar-refractivity contribution in [1.82, 2.24) is 5.32 Å². The normalized spacial score (nSPS) is 22.3. The maximum atomic E-state index is 12.0. The first-order valence-electron chi connectivity index (χ1n) is 8.93. The minimum Gasteiger partial charge on any atom is -0.477 e. The zero-order valence-electron chi connectivity index (χ0n) is 17.3. The maximum absolute atomic E-state index is 12.0. The third-order valence-electron chi connectivity index (χ3n) is 3.89. The van der Waals surface area contributed by atoms with Crippen LogP contribution in [-0.2, 0) is 47.7 Å². The van der Waals surface area contributed by atoms with Crippen LogP contribution in [0.1, 0.15) is 27.7 Å². The monoisotopic (exact) mass is 430 g/mol. The minimum absolute atomic E-state index is 0.289. The van der Waals surface area contributed by atoms with Crippen LogP contribution < -0.4 is 11.1 Å². The van der Waals surface area contributed by atoms with Crippen molar-refractivity contribution in [2.75, 3.05) is 13.7 Å². The van der Waals surface area contributed by atoms with Crippen LogP contribution in [0.4, 0.5) is 0 Å². The molecule has 30 heavy (non-hydrogen) atoms. The van der Waals surface area contributed by atoms with Gasteiger partial charge in [0.15, 0.2) is 18.3 Å². The number of carbonyl (C=O) groups excluding carboxylic acids is 5. The molecule has 0 bridgehead atoms. The van der Waals surface area contributed by atoms with E-state index in [0.717, 1.165) is 27.9 Å². The summed E-state index contributed by atoms with van der Waals surface area (Å²) >= 11 is 0. The largest absolute Gasteiger partial charge is 0.477 e. The molecule has 0 aliphatic carbocycles. The molecule has 12 nitrogen and oxygen atoms in total. The van der Waals surface area contributed by atoms with Gasteiger partial charge in [0.2, 0.25) is 11.7 Å². The number of amides is 1. The molecule has 1 heterocycles. The molecule has 0 saturated carbocycles. The number of esters is 4. The van der Waals surface area contributed by atoms with Gasteiger partial charge in [0.05, 0.1) is 19.2 Å². The number of methoxy groups -OCH3 is 1. The molecule has 12 heteroatoms. The molecule has 0 aromatic heterocycles. The first-order chi connectivity index (χ1) is 14.0. The molecular weight excluding hydrogens is 404 g/mol. The fourth-order valence-electron chi connectivity index (χ4n) is 2.81. The van der Waals surface area contributed by atoms with E-state index in [0.29, 0.717) is 0 Å². The highest BCUT2D eigenvalue weighted by Gasteiger charge is 2.47. The SMILES string of the molecule is COC(=O)C1=C[C@@H](N)[C@@H](NC(C)=O)[C@H]([C@@H](OC(C)=O)[C@H](COC(C)=O)OC(C)=O)O1. The van der Waals surface area contributed by atoms with Crippen molar-refractivity contribution >= 4 is 29.8 Å². The molecule has 1 aliphatic rings. The number of carbonyl (C=O) groups is 5. The summed E-state index contributed by atoms with van der Waals surface area (Å²) < 4.78 is 25.6. The van der Waals surface area contributed by atoms with Crippen molar-refractivity contribution in [3.63, 3.8) is 0 Å². The second-order valence-electron chi connectivity index (χ2n) is 6.43. The van der Waals surface area contributed by atoms with Gasteiger partial charge >= 0.3 is 23.9 Å². The lowest BCUT2D eigenvalue weighted by atomic mass is 9.92. The predicted molar refractivity (Wildman–Crippen MR) is 98.3 cm³/mol. The number of ether oxygens (including phenoxy) is 5. The second kappa shape index (κ2) is 11.1. The molecule has 3 N–H and O–H groups in total. The first-order valence-corrected chi connectivity index (χ1v) is 8.93. The zero-order chi connectivity index (χ0) is 23.0. The molecule has 5 atom stereocenters. The number of rotatable bonds is 8. The molecular formula is C18H26N2O10. The predicted octanol–water partition coefficient (Wildman–Crippen LogP) is -1.30.